The fourth-order valence-electron chi connectivity index (χ4n) is 2.77. The van der Waals surface area contributed by atoms with Crippen molar-refractivity contribution in [2.45, 2.75) is 19.4 Å². The van der Waals surface area contributed by atoms with E-state index in [1.807, 2.05) is 60.8 Å². The molecule has 3 aromatic rings. The molecule has 1 aromatic heterocycles. The SMILES string of the molecule is C[C@H](C(=O)O)N(C)C(=O)Cc1cn(-c2ccccc2)nc1-c1ccc(Br)cc1. The first-order valence-corrected chi connectivity index (χ1v) is 9.54. The molecular weight excluding hydrogens is 422 g/mol. The van der Waals surface area contributed by atoms with E-state index in [2.05, 4.69) is 21.0 Å². The molecule has 0 aliphatic carbocycles. The smallest absolute Gasteiger partial charge is 0.326 e. The third kappa shape index (κ3) is 4.31. The highest BCUT2D eigenvalue weighted by Gasteiger charge is 2.24. The van der Waals surface area contributed by atoms with E-state index in [9.17, 15) is 9.59 Å². The van der Waals surface area contributed by atoms with Gasteiger partial charge in [-0.3, -0.25) is 4.79 Å². The van der Waals surface area contributed by atoms with Gasteiger partial charge < -0.3 is 10.0 Å². The van der Waals surface area contributed by atoms with Crippen molar-refractivity contribution in [3.05, 3.63) is 70.8 Å². The number of carbonyl (C=O) groups excluding carboxylic acids is 1. The van der Waals surface area contributed by atoms with Crippen LogP contribution in [0.3, 0.4) is 0 Å². The van der Waals surface area contributed by atoms with E-state index >= 15 is 0 Å². The van der Waals surface area contributed by atoms with Gasteiger partial charge >= 0.3 is 5.97 Å². The van der Waals surface area contributed by atoms with E-state index in [0.29, 0.717) is 5.69 Å². The van der Waals surface area contributed by atoms with Crippen LogP contribution in [0.25, 0.3) is 16.9 Å². The number of aromatic nitrogens is 2. The number of carboxylic acids is 1. The molecule has 0 radical (unpaired) electrons. The first-order chi connectivity index (χ1) is 13.4. The van der Waals surface area contributed by atoms with E-state index < -0.39 is 12.0 Å². The van der Waals surface area contributed by atoms with Gasteiger partial charge in [0.15, 0.2) is 0 Å². The number of rotatable bonds is 6. The third-order valence-electron chi connectivity index (χ3n) is 4.60. The number of hydrogen-bond acceptors (Lipinski definition) is 3. The molecule has 7 heteroatoms. The number of halogens is 1. The topological polar surface area (TPSA) is 75.4 Å². The van der Waals surface area contributed by atoms with Gasteiger partial charge in [0.2, 0.25) is 5.91 Å². The van der Waals surface area contributed by atoms with Crippen LogP contribution in [0.4, 0.5) is 0 Å². The number of likely N-dealkylation sites (N-methyl/N-ethyl adjacent to an activating group) is 1. The van der Waals surface area contributed by atoms with E-state index in [1.165, 1.54) is 18.9 Å². The van der Waals surface area contributed by atoms with Gasteiger partial charge in [-0.2, -0.15) is 5.10 Å². The van der Waals surface area contributed by atoms with Crippen molar-refractivity contribution in [3.8, 4) is 16.9 Å². The number of nitrogens with zero attached hydrogens (tertiary/aromatic N) is 3. The number of carboxylic acid groups (broad SMARTS) is 1. The standard InChI is InChI=1S/C21H20BrN3O3/c1-14(21(27)28)24(2)19(26)12-16-13-25(18-6-4-3-5-7-18)23-20(16)15-8-10-17(22)11-9-15/h3-11,13-14H,12H2,1-2H3,(H,27,28)/t14-/m1/s1. The first-order valence-electron chi connectivity index (χ1n) is 8.75. The lowest BCUT2D eigenvalue weighted by Crippen LogP contribution is -2.41. The largest absolute Gasteiger partial charge is 0.480 e. The number of aliphatic carboxylic acids is 1. The summed E-state index contributed by atoms with van der Waals surface area (Å²) >= 11 is 3.43. The summed E-state index contributed by atoms with van der Waals surface area (Å²) in [6.45, 7) is 1.49. The van der Waals surface area contributed by atoms with Crippen molar-refractivity contribution in [2.75, 3.05) is 7.05 Å². The molecule has 2 aromatic carbocycles. The van der Waals surface area contributed by atoms with Crippen LogP contribution < -0.4 is 0 Å². The van der Waals surface area contributed by atoms with Gasteiger partial charge in [-0.15, -0.1) is 0 Å². The van der Waals surface area contributed by atoms with E-state index in [0.717, 1.165) is 21.3 Å². The summed E-state index contributed by atoms with van der Waals surface area (Å²) in [5.74, 6) is -1.31. The number of para-hydroxylation sites is 1. The fraction of sp³-hybridized carbons (Fsp3) is 0.190. The van der Waals surface area contributed by atoms with Crippen LogP contribution in [0, 0.1) is 0 Å². The van der Waals surface area contributed by atoms with Crippen LogP contribution in [0.1, 0.15) is 12.5 Å². The molecule has 0 saturated heterocycles. The van der Waals surface area contributed by atoms with Gasteiger partial charge in [-0.25, -0.2) is 9.48 Å². The predicted molar refractivity (Wildman–Crippen MR) is 110 cm³/mol. The molecule has 0 aliphatic rings. The Labute approximate surface area is 171 Å². The lowest BCUT2D eigenvalue weighted by molar-refractivity contribution is -0.147. The summed E-state index contributed by atoms with van der Waals surface area (Å²) < 4.78 is 2.69. The zero-order chi connectivity index (χ0) is 20.3. The molecule has 0 saturated carbocycles. The average Bonchev–Trinajstić information content (AvgIpc) is 3.11. The Morgan fingerprint density at radius 2 is 1.79 bits per heavy atom. The van der Waals surface area contributed by atoms with Gasteiger partial charge in [0, 0.05) is 28.8 Å². The molecule has 0 aliphatic heterocycles. The van der Waals surface area contributed by atoms with Gasteiger partial charge in [-0.05, 0) is 31.2 Å². The number of benzene rings is 2. The summed E-state index contributed by atoms with van der Waals surface area (Å²) in [6.07, 6.45) is 1.89. The van der Waals surface area contributed by atoms with Crippen LogP contribution in [0.2, 0.25) is 0 Å². The molecule has 144 valence electrons. The second-order valence-electron chi connectivity index (χ2n) is 6.49. The van der Waals surface area contributed by atoms with E-state index in [1.54, 1.807) is 4.68 Å². The highest BCUT2D eigenvalue weighted by molar-refractivity contribution is 9.10. The van der Waals surface area contributed by atoms with Crippen molar-refractivity contribution in [3.63, 3.8) is 0 Å². The highest BCUT2D eigenvalue weighted by Crippen LogP contribution is 2.26. The molecule has 28 heavy (non-hydrogen) atoms. The van der Waals surface area contributed by atoms with E-state index in [-0.39, 0.29) is 12.3 Å². The Hall–Kier alpha value is -2.93. The summed E-state index contributed by atoms with van der Waals surface area (Å²) in [5.41, 5.74) is 3.20. The van der Waals surface area contributed by atoms with Gasteiger partial charge in [0.1, 0.15) is 6.04 Å². The van der Waals surface area contributed by atoms with Crippen LogP contribution >= 0.6 is 15.9 Å². The molecule has 1 amide bonds. The molecule has 0 unspecified atom stereocenters. The lowest BCUT2D eigenvalue weighted by Gasteiger charge is -2.21. The minimum Gasteiger partial charge on any atom is -0.480 e. The summed E-state index contributed by atoms with van der Waals surface area (Å²) in [5, 5.41) is 13.9. The minimum atomic E-state index is -1.04. The summed E-state index contributed by atoms with van der Waals surface area (Å²) in [7, 11) is 1.50. The quantitative estimate of drug-likeness (QED) is 0.631. The molecule has 6 nitrogen and oxygen atoms in total. The minimum absolute atomic E-state index is 0.0619. The molecule has 1 atom stereocenters. The molecule has 0 fully saturated rings. The zero-order valence-electron chi connectivity index (χ0n) is 15.5. The van der Waals surface area contributed by atoms with Crippen LogP contribution in [-0.4, -0.2) is 44.8 Å². The lowest BCUT2D eigenvalue weighted by atomic mass is 10.1. The van der Waals surface area contributed by atoms with Crippen molar-refractivity contribution < 1.29 is 14.7 Å². The maximum Gasteiger partial charge on any atom is 0.326 e. The third-order valence-corrected chi connectivity index (χ3v) is 5.13. The Kier molecular flexibility index (Phi) is 5.94. The maximum atomic E-state index is 12.7. The van der Waals surface area contributed by atoms with E-state index in [4.69, 9.17) is 5.11 Å². The molecule has 3 rings (SSSR count). The molecule has 0 bridgehead atoms. The second kappa shape index (κ2) is 8.39. The van der Waals surface area contributed by atoms with Gasteiger partial charge in [-0.1, -0.05) is 46.3 Å². The molecule has 1 heterocycles. The number of carbonyl (C=O) groups is 2. The normalized spacial score (nSPS) is 11.8. The Morgan fingerprint density at radius 1 is 1.14 bits per heavy atom. The highest BCUT2D eigenvalue weighted by atomic mass is 79.9. The summed E-state index contributed by atoms with van der Waals surface area (Å²) in [4.78, 5) is 25.1. The Morgan fingerprint density at radius 3 is 2.39 bits per heavy atom. The Balaban J connectivity index is 1.98. The fourth-order valence-corrected chi connectivity index (χ4v) is 3.04. The average molecular weight is 442 g/mol. The van der Waals surface area contributed by atoms with Crippen LogP contribution in [0.5, 0.6) is 0 Å². The maximum absolute atomic E-state index is 12.7. The van der Waals surface area contributed by atoms with Crippen LogP contribution in [0.15, 0.2) is 65.3 Å². The Bertz CT molecular complexity index is 984. The predicted octanol–water partition coefficient (Wildman–Crippen LogP) is 3.78. The van der Waals surface area contributed by atoms with Crippen molar-refractivity contribution in [1.82, 2.24) is 14.7 Å². The van der Waals surface area contributed by atoms with Gasteiger partial charge in [0.25, 0.3) is 0 Å². The van der Waals surface area contributed by atoms with Crippen molar-refractivity contribution in [2.24, 2.45) is 0 Å². The van der Waals surface area contributed by atoms with Crippen molar-refractivity contribution in [1.29, 1.82) is 0 Å². The van der Waals surface area contributed by atoms with Crippen molar-refractivity contribution >= 4 is 27.8 Å². The summed E-state index contributed by atoms with van der Waals surface area (Å²) in [6, 6.07) is 16.4. The molecule has 1 N–H and O–H groups in total. The van der Waals surface area contributed by atoms with Crippen LogP contribution in [-0.2, 0) is 16.0 Å². The molecular formula is C21H20BrN3O3. The molecule has 0 spiro atoms. The zero-order valence-corrected chi connectivity index (χ0v) is 17.1. The first kappa shape index (κ1) is 19.8. The number of hydrogen-bond donors (Lipinski definition) is 1. The monoisotopic (exact) mass is 441 g/mol. The second-order valence-corrected chi connectivity index (χ2v) is 7.40. The number of amides is 1. The van der Waals surface area contributed by atoms with Gasteiger partial charge in [0.05, 0.1) is 17.8 Å².